The number of hydrogen-bond acceptors (Lipinski definition) is 2. The van der Waals surface area contributed by atoms with Crippen LogP contribution in [0, 0.1) is 0 Å². The molecule has 0 fully saturated rings. The first-order valence-corrected chi connectivity index (χ1v) is 5.62. The van der Waals surface area contributed by atoms with Crippen molar-refractivity contribution in [1.82, 2.24) is 0 Å². The van der Waals surface area contributed by atoms with Gasteiger partial charge in [-0.2, -0.15) is 0 Å². The molecule has 0 aliphatic rings. The van der Waals surface area contributed by atoms with Gasteiger partial charge in [-0.05, 0) is 28.2 Å². The van der Waals surface area contributed by atoms with E-state index in [4.69, 9.17) is 12.2 Å². The first kappa shape index (κ1) is 9.48. The average molecular weight is 294 g/mol. The minimum atomic E-state index is 0.978. The third-order valence-electron chi connectivity index (χ3n) is 1.20. The molecule has 0 saturated heterocycles. The maximum atomic E-state index is 4.94. The second-order valence-electron chi connectivity index (χ2n) is 2.01. The van der Waals surface area contributed by atoms with Crippen LogP contribution in [0.15, 0.2) is 30.3 Å². The van der Waals surface area contributed by atoms with Gasteiger partial charge < -0.3 is 0 Å². The van der Waals surface area contributed by atoms with Crippen molar-refractivity contribution in [2.24, 2.45) is 0 Å². The highest BCUT2D eigenvalue weighted by Gasteiger charge is 1.92. The van der Waals surface area contributed by atoms with Gasteiger partial charge in [-0.15, -0.1) is 11.8 Å². The van der Waals surface area contributed by atoms with Gasteiger partial charge in [-0.1, -0.05) is 42.5 Å². The van der Waals surface area contributed by atoms with E-state index in [-0.39, 0.29) is 0 Å². The van der Waals surface area contributed by atoms with E-state index in [1.54, 1.807) is 11.8 Å². The fourth-order valence-corrected chi connectivity index (χ4v) is 1.83. The van der Waals surface area contributed by atoms with Crippen LogP contribution in [0.2, 0.25) is 0 Å². The Morgan fingerprint density at radius 2 is 2.00 bits per heavy atom. The topological polar surface area (TPSA) is 0 Å². The predicted molar refractivity (Wildman–Crippen MR) is 64.4 cm³/mol. The Labute approximate surface area is 89.9 Å². The molecule has 0 heterocycles. The minimum Gasteiger partial charge on any atom is -0.103 e. The quantitative estimate of drug-likeness (QED) is 0.464. The van der Waals surface area contributed by atoms with E-state index < -0.39 is 0 Å². The molecular formula is C8H7IS2. The molecule has 0 spiro atoms. The van der Waals surface area contributed by atoms with Crippen molar-refractivity contribution in [2.75, 3.05) is 0 Å². The summed E-state index contributed by atoms with van der Waals surface area (Å²) >= 11 is 8.81. The molecule has 1 aromatic carbocycles. The summed E-state index contributed by atoms with van der Waals surface area (Å²) < 4.78 is 0.978. The van der Waals surface area contributed by atoms with Crippen LogP contribution < -0.4 is 0 Å². The molecule has 0 saturated carbocycles. The molecule has 0 atom stereocenters. The molecule has 0 N–H and O–H groups in total. The molecule has 11 heavy (non-hydrogen) atoms. The van der Waals surface area contributed by atoms with Gasteiger partial charge in [-0.3, -0.25) is 0 Å². The van der Waals surface area contributed by atoms with Crippen molar-refractivity contribution >= 4 is 48.8 Å². The molecule has 1 aromatic rings. The molecular weight excluding hydrogens is 287 g/mol. The summed E-state index contributed by atoms with van der Waals surface area (Å²) in [5.74, 6) is 0.989. The van der Waals surface area contributed by atoms with Gasteiger partial charge in [0.1, 0.15) is 2.20 Å². The fourth-order valence-electron chi connectivity index (χ4n) is 0.714. The Kier molecular flexibility index (Phi) is 4.40. The Morgan fingerprint density at radius 1 is 1.36 bits per heavy atom. The third-order valence-corrected chi connectivity index (χ3v) is 3.19. The summed E-state index contributed by atoms with van der Waals surface area (Å²) in [6, 6.07) is 10.3. The molecule has 58 valence electrons. The second kappa shape index (κ2) is 5.11. The molecule has 3 heteroatoms. The monoisotopic (exact) mass is 294 g/mol. The van der Waals surface area contributed by atoms with E-state index in [1.807, 2.05) is 18.2 Å². The van der Waals surface area contributed by atoms with Gasteiger partial charge in [0.2, 0.25) is 0 Å². The number of thioether (sulfide) groups is 1. The molecule has 0 aliphatic heterocycles. The van der Waals surface area contributed by atoms with Crippen molar-refractivity contribution in [3.63, 3.8) is 0 Å². The first-order valence-electron chi connectivity index (χ1n) is 3.15. The van der Waals surface area contributed by atoms with Crippen LogP contribution >= 0.6 is 46.6 Å². The zero-order valence-corrected chi connectivity index (χ0v) is 9.58. The molecule has 0 nitrogen and oxygen atoms in total. The number of rotatable bonds is 2. The summed E-state index contributed by atoms with van der Waals surface area (Å²) in [6.07, 6.45) is 0. The lowest BCUT2D eigenvalue weighted by Gasteiger charge is -1.96. The highest BCUT2D eigenvalue weighted by atomic mass is 127. The molecule has 0 amide bonds. The Bertz CT molecular complexity index is 233. The molecule has 0 aromatic heterocycles. The summed E-state index contributed by atoms with van der Waals surface area (Å²) in [7, 11) is 0. The standard InChI is InChI=1S/C8H7IS2/c9-8(10)11-6-7-4-2-1-3-5-7/h1-5H,6H2. The highest BCUT2D eigenvalue weighted by molar-refractivity contribution is 14.1. The van der Waals surface area contributed by atoms with E-state index in [0.29, 0.717) is 0 Å². The smallest absolute Gasteiger partial charge is 0.103 e. The number of thiocarbonyl (C=S) groups is 1. The summed E-state index contributed by atoms with van der Waals surface area (Å²) in [4.78, 5) is 0. The van der Waals surface area contributed by atoms with E-state index >= 15 is 0 Å². The number of benzene rings is 1. The zero-order valence-electron chi connectivity index (χ0n) is 5.79. The largest absolute Gasteiger partial charge is 0.109 e. The van der Waals surface area contributed by atoms with Crippen LogP contribution in [-0.2, 0) is 5.75 Å². The third kappa shape index (κ3) is 4.08. The van der Waals surface area contributed by atoms with Crippen molar-refractivity contribution < 1.29 is 0 Å². The number of hydrogen-bond donors (Lipinski definition) is 0. The zero-order chi connectivity index (χ0) is 8.10. The van der Waals surface area contributed by atoms with Crippen molar-refractivity contribution in [2.45, 2.75) is 5.75 Å². The summed E-state index contributed by atoms with van der Waals surface area (Å²) in [5.41, 5.74) is 1.33. The highest BCUT2D eigenvalue weighted by Crippen LogP contribution is 2.16. The van der Waals surface area contributed by atoms with Crippen LogP contribution in [0.4, 0.5) is 0 Å². The van der Waals surface area contributed by atoms with E-state index in [2.05, 4.69) is 34.7 Å². The Balaban J connectivity index is 2.45. The van der Waals surface area contributed by atoms with Gasteiger partial charge in [0.15, 0.2) is 0 Å². The molecule has 0 unspecified atom stereocenters. The van der Waals surface area contributed by atoms with Gasteiger partial charge in [-0.25, -0.2) is 0 Å². The van der Waals surface area contributed by atoms with Crippen LogP contribution in [-0.4, -0.2) is 2.20 Å². The molecule has 0 aliphatic carbocycles. The predicted octanol–water partition coefficient (Wildman–Crippen LogP) is 3.64. The summed E-state index contributed by atoms with van der Waals surface area (Å²) in [6.45, 7) is 0. The lowest BCUT2D eigenvalue weighted by atomic mass is 10.2. The second-order valence-corrected chi connectivity index (χ2v) is 6.21. The Hall–Kier alpha value is 0.390. The normalized spacial score (nSPS) is 9.55. The molecule has 1 rings (SSSR count). The van der Waals surface area contributed by atoms with Crippen molar-refractivity contribution in [1.29, 1.82) is 0 Å². The van der Waals surface area contributed by atoms with E-state index in [1.165, 1.54) is 5.56 Å². The van der Waals surface area contributed by atoms with Crippen LogP contribution in [0.25, 0.3) is 0 Å². The molecule has 0 bridgehead atoms. The van der Waals surface area contributed by atoms with Gasteiger partial charge in [0, 0.05) is 5.75 Å². The SMILES string of the molecule is S=C(I)SCc1ccccc1. The fraction of sp³-hybridized carbons (Fsp3) is 0.125. The maximum Gasteiger partial charge on any atom is 0.109 e. The maximum absolute atomic E-state index is 4.94. The van der Waals surface area contributed by atoms with E-state index in [0.717, 1.165) is 7.96 Å². The van der Waals surface area contributed by atoms with E-state index in [9.17, 15) is 0 Å². The average Bonchev–Trinajstić information content (AvgIpc) is 2.03. The van der Waals surface area contributed by atoms with Crippen LogP contribution in [0.3, 0.4) is 0 Å². The molecule has 0 radical (unpaired) electrons. The number of halogens is 1. The lowest BCUT2D eigenvalue weighted by molar-refractivity contribution is 1.43. The summed E-state index contributed by atoms with van der Waals surface area (Å²) in [5, 5.41) is 0. The van der Waals surface area contributed by atoms with Gasteiger partial charge >= 0.3 is 0 Å². The van der Waals surface area contributed by atoms with Gasteiger partial charge in [0.25, 0.3) is 0 Å². The lowest BCUT2D eigenvalue weighted by Crippen LogP contribution is -1.79. The van der Waals surface area contributed by atoms with Gasteiger partial charge in [0.05, 0.1) is 0 Å². The van der Waals surface area contributed by atoms with Crippen molar-refractivity contribution in [3.8, 4) is 0 Å². The van der Waals surface area contributed by atoms with Crippen molar-refractivity contribution in [3.05, 3.63) is 35.9 Å². The van der Waals surface area contributed by atoms with Crippen LogP contribution in [0.5, 0.6) is 0 Å². The van der Waals surface area contributed by atoms with Crippen LogP contribution in [0.1, 0.15) is 5.56 Å². The first-order chi connectivity index (χ1) is 5.29. The Morgan fingerprint density at radius 3 is 2.55 bits per heavy atom. The minimum absolute atomic E-state index is 0.978.